The van der Waals surface area contributed by atoms with E-state index < -0.39 is 0 Å². The van der Waals surface area contributed by atoms with Crippen molar-refractivity contribution in [3.63, 3.8) is 0 Å². The van der Waals surface area contributed by atoms with Crippen LogP contribution < -0.4 is 15.4 Å². The molecule has 0 saturated carbocycles. The maximum Gasteiger partial charge on any atom is 0.191 e. The fourth-order valence-electron chi connectivity index (χ4n) is 2.27. The van der Waals surface area contributed by atoms with Gasteiger partial charge in [0.1, 0.15) is 17.7 Å². The number of rotatable bonds is 8. The van der Waals surface area contributed by atoms with Crippen molar-refractivity contribution < 1.29 is 9.13 Å². The van der Waals surface area contributed by atoms with Gasteiger partial charge in [-0.05, 0) is 25.5 Å². The highest BCUT2D eigenvalue weighted by molar-refractivity contribution is 14.0. The summed E-state index contributed by atoms with van der Waals surface area (Å²) >= 11 is 1.66. The SMILES string of the molecule is CCC(CNC(=NC)NCCc1csc(C)n1)Oc1cccc(F)c1.I. The molecule has 2 aromatic rings. The summed E-state index contributed by atoms with van der Waals surface area (Å²) in [7, 11) is 1.73. The molecule has 1 heterocycles. The van der Waals surface area contributed by atoms with E-state index in [0.717, 1.165) is 30.1 Å². The molecule has 0 aliphatic rings. The molecule has 2 rings (SSSR count). The summed E-state index contributed by atoms with van der Waals surface area (Å²) in [5.74, 6) is 0.957. The number of guanidine groups is 1. The van der Waals surface area contributed by atoms with Crippen LogP contribution in [0.4, 0.5) is 4.39 Å². The highest BCUT2D eigenvalue weighted by Crippen LogP contribution is 2.14. The normalized spacial score (nSPS) is 12.2. The smallest absolute Gasteiger partial charge is 0.191 e. The van der Waals surface area contributed by atoms with Crippen LogP contribution in [0.5, 0.6) is 5.75 Å². The summed E-state index contributed by atoms with van der Waals surface area (Å²) in [5.41, 5.74) is 1.09. The fourth-order valence-corrected chi connectivity index (χ4v) is 2.91. The van der Waals surface area contributed by atoms with Gasteiger partial charge >= 0.3 is 0 Å². The molecular formula is C18H26FIN4OS. The van der Waals surface area contributed by atoms with E-state index in [1.165, 1.54) is 12.1 Å². The summed E-state index contributed by atoms with van der Waals surface area (Å²) in [6, 6.07) is 6.20. The Morgan fingerprint density at radius 3 is 2.81 bits per heavy atom. The maximum atomic E-state index is 13.2. The number of hydrogen-bond donors (Lipinski definition) is 2. The van der Waals surface area contributed by atoms with Crippen molar-refractivity contribution in [2.75, 3.05) is 20.1 Å². The van der Waals surface area contributed by atoms with Crippen molar-refractivity contribution in [2.24, 2.45) is 4.99 Å². The molecule has 0 bridgehead atoms. The molecule has 1 aromatic carbocycles. The number of halogens is 2. The van der Waals surface area contributed by atoms with Gasteiger partial charge in [0.25, 0.3) is 0 Å². The third-order valence-electron chi connectivity index (χ3n) is 3.62. The lowest BCUT2D eigenvalue weighted by Crippen LogP contribution is -2.43. The van der Waals surface area contributed by atoms with E-state index in [1.807, 2.05) is 13.8 Å². The lowest BCUT2D eigenvalue weighted by atomic mass is 10.2. The number of nitrogens with zero attached hydrogens (tertiary/aromatic N) is 2. The third kappa shape index (κ3) is 7.86. The molecule has 8 heteroatoms. The van der Waals surface area contributed by atoms with Gasteiger partial charge in [-0.3, -0.25) is 4.99 Å². The first-order chi connectivity index (χ1) is 12.1. The summed E-state index contributed by atoms with van der Waals surface area (Å²) in [6.07, 6.45) is 1.59. The van der Waals surface area contributed by atoms with E-state index in [1.54, 1.807) is 30.5 Å². The van der Waals surface area contributed by atoms with Crippen molar-refractivity contribution in [3.8, 4) is 5.75 Å². The van der Waals surface area contributed by atoms with Gasteiger partial charge < -0.3 is 15.4 Å². The largest absolute Gasteiger partial charge is 0.489 e. The molecule has 0 amide bonds. The van der Waals surface area contributed by atoms with Gasteiger partial charge in [0.2, 0.25) is 0 Å². The topological polar surface area (TPSA) is 58.5 Å². The summed E-state index contributed by atoms with van der Waals surface area (Å²) < 4.78 is 19.1. The van der Waals surface area contributed by atoms with Crippen LogP contribution in [0.2, 0.25) is 0 Å². The van der Waals surface area contributed by atoms with Gasteiger partial charge in [-0.25, -0.2) is 9.37 Å². The quantitative estimate of drug-likeness (QED) is 0.335. The summed E-state index contributed by atoms with van der Waals surface area (Å²) in [4.78, 5) is 8.66. The number of thiazole rings is 1. The average Bonchev–Trinajstić information content (AvgIpc) is 3.02. The van der Waals surface area contributed by atoms with E-state index in [2.05, 4.69) is 26.0 Å². The lowest BCUT2D eigenvalue weighted by Gasteiger charge is -2.20. The zero-order valence-electron chi connectivity index (χ0n) is 15.3. The zero-order chi connectivity index (χ0) is 18.1. The number of aliphatic imine (C=N–C) groups is 1. The minimum absolute atomic E-state index is 0. The van der Waals surface area contributed by atoms with E-state index in [4.69, 9.17) is 4.74 Å². The van der Waals surface area contributed by atoms with Gasteiger partial charge in [-0.15, -0.1) is 35.3 Å². The summed E-state index contributed by atoms with van der Waals surface area (Å²) in [5, 5.41) is 9.67. The van der Waals surface area contributed by atoms with Crippen molar-refractivity contribution in [2.45, 2.75) is 32.8 Å². The van der Waals surface area contributed by atoms with Crippen LogP contribution in [0.1, 0.15) is 24.0 Å². The van der Waals surface area contributed by atoms with Gasteiger partial charge in [0, 0.05) is 31.5 Å². The summed E-state index contributed by atoms with van der Waals surface area (Å²) in [6.45, 7) is 5.38. The molecule has 0 saturated heterocycles. The van der Waals surface area contributed by atoms with E-state index in [-0.39, 0.29) is 35.9 Å². The molecule has 0 aliphatic heterocycles. The first kappa shape index (κ1) is 22.6. The molecule has 5 nitrogen and oxygen atoms in total. The predicted octanol–water partition coefficient (Wildman–Crippen LogP) is 3.77. The molecule has 0 fully saturated rings. The molecule has 26 heavy (non-hydrogen) atoms. The van der Waals surface area contributed by atoms with Crippen LogP contribution in [0, 0.1) is 12.7 Å². The predicted molar refractivity (Wildman–Crippen MR) is 116 cm³/mol. The Kier molecular flexibility index (Phi) is 10.5. The second-order valence-corrected chi connectivity index (χ2v) is 6.66. The highest BCUT2D eigenvalue weighted by Gasteiger charge is 2.10. The van der Waals surface area contributed by atoms with Crippen LogP contribution in [0.25, 0.3) is 0 Å². The van der Waals surface area contributed by atoms with Crippen LogP contribution in [0.3, 0.4) is 0 Å². The van der Waals surface area contributed by atoms with Crippen LogP contribution in [-0.2, 0) is 6.42 Å². The van der Waals surface area contributed by atoms with Crippen molar-refractivity contribution in [1.82, 2.24) is 15.6 Å². The fraction of sp³-hybridized carbons (Fsp3) is 0.444. The molecule has 0 radical (unpaired) electrons. The number of aryl methyl sites for hydroxylation is 1. The minimum atomic E-state index is -0.296. The van der Waals surface area contributed by atoms with Gasteiger partial charge in [0.15, 0.2) is 5.96 Å². The molecule has 2 N–H and O–H groups in total. The number of hydrogen-bond acceptors (Lipinski definition) is 4. The Morgan fingerprint density at radius 2 is 2.19 bits per heavy atom. The van der Waals surface area contributed by atoms with Gasteiger partial charge in [0.05, 0.1) is 17.2 Å². The molecule has 1 atom stereocenters. The third-order valence-corrected chi connectivity index (χ3v) is 4.44. The Hall–Kier alpha value is -1.42. The average molecular weight is 492 g/mol. The van der Waals surface area contributed by atoms with E-state index in [0.29, 0.717) is 18.3 Å². The monoisotopic (exact) mass is 492 g/mol. The zero-order valence-corrected chi connectivity index (χ0v) is 18.4. The molecule has 1 aromatic heterocycles. The van der Waals surface area contributed by atoms with Crippen LogP contribution >= 0.6 is 35.3 Å². The number of benzene rings is 1. The first-order valence-corrected chi connectivity index (χ1v) is 9.26. The molecular weight excluding hydrogens is 466 g/mol. The number of nitrogens with one attached hydrogen (secondary N) is 2. The lowest BCUT2D eigenvalue weighted by molar-refractivity contribution is 0.199. The second-order valence-electron chi connectivity index (χ2n) is 5.59. The van der Waals surface area contributed by atoms with Crippen molar-refractivity contribution in [1.29, 1.82) is 0 Å². The maximum absolute atomic E-state index is 13.2. The van der Waals surface area contributed by atoms with Crippen molar-refractivity contribution >= 4 is 41.3 Å². The molecule has 0 spiro atoms. The minimum Gasteiger partial charge on any atom is -0.489 e. The number of ether oxygens (including phenoxy) is 1. The Labute approximate surface area is 175 Å². The standard InChI is InChI=1S/C18H25FN4OS.HI/c1-4-16(24-17-7-5-6-14(19)10-17)11-22-18(20-3)21-9-8-15-12-25-13(2)23-15;/h5-7,10,12,16H,4,8-9,11H2,1-3H3,(H2,20,21,22);1H. The van der Waals surface area contributed by atoms with Crippen LogP contribution in [0.15, 0.2) is 34.6 Å². The Bertz CT molecular complexity index is 695. The van der Waals surface area contributed by atoms with Gasteiger partial charge in [-0.1, -0.05) is 13.0 Å². The highest BCUT2D eigenvalue weighted by atomic mass is 127. The Balaban J connectivity index is 0.00000338. The van der Waals surface area contributed by atoms with E-state index in [9.17, 15) is 4.39 Å². The second kappa shape index (κ2) is 12.1. The first-order valence-electron chi connectivity index (χ1n) is 8.38. The van der Waals surface area contributed by atoms with Gasteiger partial charge in [-0.2, -0.15) is 0 Å². The van der Waals surface area contributed by atoms with E-state index >= 15 is 0 Å². The Morgan fingerprint density at radius 1 is 1.38 bits per heavy atom. The van der Waals surface area contributed by atoms with Crippen molar-refractivity contribution in [3.05, 3.63) is 46.2 Å². The molecule has 1 unspecified atom stereocenters. The van der Waals surface area contributed by atoms with Crippen LogP contribution in [-0.4, -0.2) is 37.2 Å². The molecule has 0 aliphatic carbocycles. The number of aromatic nitrogens is 1. The molecule has 144 valence electrons.